The molecule has 1 aliphatic heterocycles. The number of ether oxygens (including phenoxy) is 1. The zero-order valence-electron chi connectivity index (χ0n) is 9.66. The first kappa shape index (κ1) is 10.6. The molecule has 2 rings (SSSR count). The van der Waals surface area contributed by atoms with Crippen LogP contribution in [0.25, 0.3) is 0 Å². The van der Waals surface area contributed by atoms with E-state index in [1.165, 1.54) is 11.3 Å². The van der Waals surface area contributed by atoms with Crippen LogP contribution >= 0.6 is 0 Å². The molecular formula is C11H19N3O. The number of hydrogen-bond acceptors (Lipinski definition) is 3. The topological polar surface area (TPSA) is 53.1 Å². The van der Waals surface area contributed by atoms with Gasteiger partial charge in [-0.3, -0.25) is 4.68 Å². The van der Waals surface area contributed by atoms with E-state index in [1.54, 1.807) is 0 Å². The third kappa shape index (κ3) is 1.68. The molecule has 0 aromatic carbocycles. The number of nitrogens with two attached hydrogens (primary N) is 1. The summed E-state index contributed by atoms with van der Waals surface area (Å²) in [5.74, 6) is 0.389. The minimum Gasteiger partial charge on any atom is -0.377 e. The van der Waals surface area contributed by atoms with Crippen molar-refractivity contribution in [2.24, 2.45) is 5.73 Å². The molecule has 15 heavy (non-hydrogen) atoms. The molecule has 1 atom stereocenters. The zero-order valence-corrected chi connectivity index (χ0v) is 9.66. The Morgan fingerprint density at radius 1 is 1.53 bits per heavy atom. The fourth-order valence-electron chi connectivity index (χ4n) is 2.23. The molecular weight excluding hydrogens is 190 g/mol. The summed E-state index contributed by atoms with van der Waals surface area (Å²) in [5, 5.41) is 4.58. The first-order chi connectivity index (χ1) is 7.15. The molecule has 0 spiro atoms. The van der Waals surface area contributed by atoms with Crippen molar-refractivity contribution in [3.63, 3.8) is 0 Å². The van der Waals surface area contributed by atoms with E-state index in [0.717, 1.165) is 18.9 Å². The maximum Gasteiger partial charge on any atom is 0.0988 e. The van der Waals surface area contributed by atoms with E-state index in [4.69, 9.17) is 10.5 Å². The van der Waals surface area contributed by atoms with E-state index in [-0.39, 0.29) is 0 Å². The molecule has 1 fully saturated rings. The summed E-state index contributed by atoms with van der Waals surface area (Å²) in [6.07, 6.45) is 0. The molecule has 1 aromatic rings. The Morgan fingerprint density at radius 3 is 2.67 bits per heavy atom. The summed E-state index contributed by atoms with van der Waals surface area (Å²) in [4.78, 5) is 0. The van der Waals surface area contributed by atoms with Gasteiger partial charge in [-0.15, -0.1) is 0 Å². The van der Waals surface area contributed by atoms with Crippen LogP contribution in [-0.2, 0) is 4.74 Å². The van der Waals surface area contributed by atoms with Crippen LogP contribution in [0.1, 0.15) is 35.8 Å². The van der Waals surface area contributed by atoms with Crippen LogP contribution in [0, 0.1) is 13.8 Å². The van der Waals surface area contributed by atoms with Gasteiger partial charge in [0.05, 0.1) is 24.9 Å². The van der Waals surface area contributed by atoms with Crippen molar-refractivity contribution in [3.05, 3.63) is 17.0 Å². The van der Waals surface area contributed by atoms with Crippen molar-refractivity contribution in [3.8, 4) is 0 Å². The summed E-state index contributed by atoms with van der Waals surface area (Å²) in [7, 11) is 0. The highest BCUT2D eigenvalue weighted by molar-refractivity contribution is 5.29. The van der Waals surface area contributed by atoms with Crippen LogP contribution < -0.4 is 5.73 Å². The fourth-order valence-corrected chi connectivity index (χ4v) is 2.23. The maximum absolute atomic E-state index is 5.71. The number of aryl methyl sites for hydroxylation is 1. The predicted molar refractivity (Wildman–Crippen MR) is 59.0 cm³/mol. The lowest BCUT2D eigenvalue weighted by molar-refractivity contribution is -0.0296. The molecule has 0 aliphatic carbocycles. The molecule has 1 saturated heterocycles. The smallest absolute Gasteiger partial charge is 0.0988 e. The summed E-state index contributed by atoms with van der Waals surface area (Å²) in [6.45, 7) is 8.59. The van der Waals surface area contributed by atoms with Gasteiger partial charge in [0.1, 0.15) is 0 Å². The van der Waals surface area contributed by atoms with Crippen LogP contribution in [0.15, 0.2) is 0 Å². The molecule has 1 aromatic heterocycles. The maximum atomic E-state index is 5.71. The molecule has 84 valence electrons. The summed E-state index contributed by atoms with van der Waals surface area (Å²) in [6, 6.07) is 0.433. The van der Waals surface area contributed by atoms with Crippen molar-refractivity contribution in [1.82, 2.24) is 9.78 Å². The van der Waals surface area contributed by atoms with Crippen LogP contribution in [0.3, 0.4) is 0 Å². The quantitative estimate of drug-likeness (QED) is 0.812. The summed E-state index contributed by atoms with van der Waals surface area (Å²) < 4.78 is 7.29. The summed E-state index contributed by atoms with van der Waals surface area (Å²) in [5.41, 5.74) is 9.38. The van der Waals surface area contributed by atoms with Crippen LogP contribution in [0.4, 0.5) is 0 Å². The lowest BCUT2D eigenvalue weighted by Crippen LogP contribution is -2.32. The van der Waals surface area contributed by atoms with Gasteiger partial charge in [-0.2, -0.15) is 5.10 Å². The Kier molecular flexibility index (Phi) is 2.80. The molecule has 1 aliphatic rings. The number of rotatable bonds is 3. The van der Waals surface area contributed by atoms with Crippen LogP contribution in [0.5, 0.6) is 0 Å². The Morgan fingerprint density at radius 2 is 2.20 bits per heavy atom. The highest BCUT2D eigenvalue weighted by Gasteiger charge is 2.26. The van der Waals surface area contributed by atoms with E-state index in [0.29, 0.717) is 18.5 Å². The first-order valence-corrected chi connectivity index (χ1v) is 5.48. The minimum atomic E-state index is 0.389. The van der Waals surface area contributed by atoms with Gasteiger partial charge in [-0.1, -0.05) is 6.92 Å². The van der Waals surface area contributed by atoms with E-state index in [1.807, 2.05) is 0 Å². The SMILES string of the molecule is Cc1nn(C2COC2)c(C)c1C(C)CN. The molecule has 0 bridgehead atoms. The van der Waals surface area contributed by atoms with E-state index in [2.05, 4.69) is 30.6 Å². The Hall–Kier alpha value is -0.870. The second-order valence-electron chi connectivity index (χ2n) is 4.36. The Labute approximate surface area is 90.4 Å². The van der Waals surface area contributed by atoms with Gasteiger partial charge in [0.15, 0.2) is 0 Å². The van der Waals surface area contributed by atoms with E-state index >= 15 is 0 Å². The van der Waals surface area contributed by atoms with Crippen molar-refractivity contribution in [2.75, 3.05) is 19.8 Å². The molecule has 2 heterocycles. The Balaban J connectivity index is 2.34. The highest BCUT2D eigenvalue weighted by Crippen LogP contribution is 2.27. The van der Waals surface area contributed by atoms with E-state index in [9.17, 15) is 0 Å². The van der Waals surface area contributed by atoms with Crippen LogP contribution in [-0.4, -0.2) is 29.5 Å². The average molecular weight is 209 g/mol. The molecule has 0 saturated carbocycles. The molecule has 4 nitrogen and oxygen atoms in total. The van der Waals surface area contributed by atoms with Gasteiger partial charge in [0.2, 0.25) is 0 Å². The van der Waals surface area contributed by atoms with Gasteiger partial charge in [-0.05, 0) is 26.3 Å². The minimum absolute atomic E-state index is 0.389. The number of nitrogens with zero attached hydrogens (tertiary/aromatic N) is 2. The standard InChI is InChI=1S/C11H19N3O/c1-7(4-12)11-8(2)13-14(9(11)3)10-5-15-6-10/h7,10H,4-6,12H2,1-3H3. The number of aromatic nitrogens is 2. The molecule has 4 heteroatoms. The lowest BCUT2D eigenvalue weighted by atomic mass is 9.99. The molecule has 2 N–H and O–H groups in total. The second-order valence-corrected chi connectivity index (χ2v) is 4.36. The highest BCUT2D eigenvalue weighted by atomic mass is 16.5. The van der Waals surface area contributed by atoms with Gasteiger partial charge < -0.3 is 10.5 Å². The average Bonchev–Trinajstić information content (AvgIpc) is 2.39. The van der Waals surface area contributed by atoms with Gasteiger partial charge in [-0.25, -0.2) is 0 Å². The largest absolute Gasteiger partial charge is 0.377 e. The van der Waals surface area contributed by atoms with E-state index < -0.39 is 0 Å². The normalized spacial score (nSPS) is 18.9. The lowest BCUT2D eigenvalue weighted by Gasteiger charge is -2.27. The Bertz CT molecular complexity index is 355. The van der Waals surface area contributed by atoms with Crippen molar-refractivity contribution in [2.45, 2.75) is 32.7 Å². The van der Waals surface area contributed by atoms with Gasteiger partial charge in [0.25, 0.3) is 0 Å². The monoisotopic (exact) mass is 209 g/mol. The molecule has 0 radical (unpaired) electrons. The molecule has 1 unspecified atom stereocenters. The van der Waals surface area contributed by atoms with Crippen molar-refractivity contribution >= 4 is 0 Å². The van der Waals surface area contributed by atoms with Crippen LogP contribution in [0.2, 0.25) is 0 Å². The van der Waals surface area contributed by atoms with Gasteiger partial charge >= 0.3 is 0 Å². The van der Waals surface area contributed by atoms with Crippen molar-refractivity contribution in [1.29, 1.82) is 0 Å². The summed E-state index contributed by atoms with van der Waals surface area (Å²) >= 11 is 0. The zero-order chi connectivity index (χ0) is 11.0. The predicted octanol–water partition coefficient (Wildman–Crippen LogP) is 1.13. The van der Waals surface area contributed by atoms with Crippen molar-refractivity contribution < 1.29 is 4.74 Å². The number of hydrogen-bond donors (Lipinski definition) is 1. The van der Waals surface area contributed by atoms with Gasteiger partial charge in [0, 0.05) is 11.3 Å². The first-order valence-electron chi connectivity index (χ1n) is 5.48. The third-order valence-corrected chi connectivity index (χ3v) is 3.19. The fraction of sp³-hybridized carbons (Fsp3) is 0.727. The molecule has 0 amide bonds. The second kappa shape index (κ2) is 3.94. The third-order valence-electron chi connectivity index (χ3n) is 3.19.